The molecule has 2 aliphatic carbocycles. The van der Waals surface area contributed by atoms with Gasteiger partial charge < -0.3 is 29.8 Å². The number of amides is 2. The number of likely N-dealkylation sites (tertiary alicyclic amines) is 1. The van der Waals surface area contributed by atoms with E-state index in [1.165, 1.54) is 6.42 Å². The molecule has 0 unspecified atom stereocenters. The molecule has 1 aromatic carbocycles. The first-order valence-corrected chi connectivity index (χ1v) is 16.5. The lowest BCUT2D eigenvalue weighted by Gasteiger charge is -2.36. The van der Waals surface area contributed by atoms with E-state index in [0.29, 0.717) is 55.0 Å². The van der Waals surface area contributed by atoms with Crippen LogP contribution in [0.2, 0.25) is 0 Å². The second kappa shape index (κ2) is 15.3. The first-order valence-electron chi connectivity index (χ1n) is 16.5. The zero-order valence-corrected chi connectivity index (χ0v) is 25.9. The third-order valence-corrected chi connectivity index (χ3v) is 10.1. The lowest BCUT2D eigenvalue weighted by atomic mass is 9.76. The molecule has 2 aromatic rings. The molecular weight excluding hydrogens is 565 g/mol. The minimum Gasteiger partial charge on any atom is -0.460 e. The van der Waals surface area contributed by atoms with Gasteiger partial charge in [0.05, 0.1) is 6.61 Å². The lowest BCUT2D eigenvalue weighted by molar-refractivity contribution is -0.142. The molecule has 3 fully saturated rings. The number of fused-ring (bicyclic) bond motifs is 1. The highest BCUT2D eigenvalue weighted by Gasteiger charge is 2.47. The topological polar surface area (TPSA) is 124 Å². The van der Waals surface area contributed by atoms with E-state index in [2.05, 4.69) is 5.32 Å². The normalized spacial score (nSPS) is 25.2. The van der Waals surface area contributed by atoms with Crippen molar-refractivity contribution < 1.29 is 32.7 Å². The number of nitrogens with one attached hydrogen (secondary N) is 1. The summed E-state index contributed by atoms with van der Waals surface area (Å²) in [6.07, 6.45) is 10.9. The van der Waals surface area contributed by atoms with E-state index in [4.69, 9.17) is 19.6 Å². The Hall–Kier alpha value is -2.98. The van der Waals surface area contributed by atoms with Gasteiger partial charge in [-0.2, -0.15) is 0 Å². The number of nitrogens with two attached hydrogens (primary N) is 1. The summed E-state index contributed by atoms with van der Waals surface area (Å²) < 4.78 is 29.2. The maximum absolute atomic E-state index is 14.0. The predicted octanol–water partition coefficient (Wildman–Crippen LogP) is 5.86. The minimum absolute atomic E-state index is 0.0476. The number of halogens is 1. The van der Waals surface area contributed by atoms with Crippen molar-refractivity contribution in [2.24, 2.45) is 29.4 Å². The van der Waals surface area contributed by atoms with Gasteiger partial charge in [-0.1, -0.05) is 32.1 Å². The first kappa shape index (κ1) is 32.4. The maximum atomic E-state index is 14.0. The summed E-state index contributed by atoms with van der Waals surface area (Å²) in [5.41, 5.74) is 7.07. The summed E-state index contributed by atoms with van der Waals surface area (Å²) in [7, 11) is 1.64. The Labute approximate surface area is 259 Å². The number of rotatable bonds is 12. The summed E-state index contributed by atoms with van der Waals surface area (Å²) in [6.45, 7) is 0.945. The minimum atomic E-state index is -0.536. The van der Waals surface area contributed by atoms with Crippen LogP contribution >= 0.6 is 0 Å². The zero-order chi connectivity index (χ0) is 31.1. The van der Waals surface area contributed by atoms with Gasteiger partial charge in [-0.25, -0.2) is 9.18 Å². The van der Waals surface area contributed by atoms with Crippen molar-refractivity contribution in [1.82, 2.24) is 4.90 Å². The molecule has 9 nitrogen and oxygen atoms in total. The third kappa shape index (κ3) is 7.62. The molecule has 0 radical (unpaired) electrons. The number of ether oxygens (including phenoxy) is 2. The van der Waals surface area contributed by atoms with E-state index in [1.807, 2.05) is 4.90 Å². The Kier molecular flexibility index (Phi) is 11.3. The second-order valence-electron chi connectivity index (χ2n) is 12.9. The number of carbonyl (C=O) groups excluding carboxylic acids is 3. The second-order valence-corrected chi connectivity index (χ2v) is 12.9. The van der Waals surface area contributed by atoms with Crippen molar-refractivity contribution in [2.45, 2.75) is 89.1 Å². The number of unbranched alkanes of at least 4 members (excludes halogenated alkanes) is 1. The van der Waals surface area contributed by atoms with E-state index in [0.717, 1.165) is 51.4 Å². The summed E-state index contributed by atoms with van der Waals surface area (Å²) in [5.74, 6) is -0.0302. The van der Waals surface area contributed by atoms with Gasteiger partial charge in [0.15, 0.2) is 0 Å². The molecule has 1 aliphatic heterocycles. The maximum Gasteiger partial charge on any atom is 0.374 e. The van der Waals surface area contributed by atoms with Crippen LogP contribution in [0.3, 0.4) is 0 Å². The molecule has 2 heterocycles. The molecule has 2 saturated carbocycles. The molecule has 242 valence electrons. The highest BCUT2D eigenvalue weighted by Crippen LogP contribution is 2.41. The number of esters is 1. The van der Waals surface area contributed by atoms with Crippen molar-refractivity contribution in [3.05, 3.63) is 30.0 Å². The number of carbonyl (C=O) groups is 3. The van der Waals surface area contributed by atoms with Gasteiger partial charge in [0.1, 0.15) is 18.3 Å². The number of alkyl halides is 1. The van der Waals surface area contributed by atoms with Crippen molar-refractivity contribution in [2.75, 3.05) is 38.9 Å². The van der Waals surface area contributed by atoms with Gasteiger partial charge in [0, 0.05) is 43.3 Å². The predicted molar refractivity (Wildman–Crippen MR) is 166 cm³/mol. The Morgan fingerprint density at radius 1 is 1.02 bits per heavy atom. The van der Waals surface area contributed by atoms with Crippen molar-refractivity contribution in [3.63, 3.8) is 0 Å². The number of anilines is 1. The van der Waals surface area contributed by atoms with Gasteiger partial charge in [0.25, 0.3) is 0 Å². The quantitative estimate of drug-likeness (QED) is 0.227. The third-order valence-electron chi connectivity index (χ3n) is 10.1. The molecule has 3 atom stereocenters. The van der Waals surface area contributed by atoms with Crippen LogP contribution in [-0.4, -0.2) is 68.3 Å². The monoisotopic (exact) mass is 613 g/mol. The summed E-state index contributed by atoms with van der Waals surface area (Å²) >= 11 is 0. The Morgan fingerprint density at radius 2 is 1.77 bits per heavy atom. The molecular formula is C34H48FN3O6. The number of methoxy groups -OCH3 is 1. The number of nitrogens with zero attached hydrogens (tertiary/aromatic N) is 1. The lowest BCUT2D eigenvalue weighted by Crippen LogP contribution is -2.50. The standard InChI is InChI=1S/C34H48FN3O6/c1-42-17-5-6-18-43-34(41)30-20-25-19-26(13-14-29(25)44-30)37-32(39)31-27(22-7-3-2-4-8-22)15-16-38(31)33(40)24-11-9-23(10-12-24)28(36)21-35/h13-14,19-20,22-24,27-28,31H,2-12,15-18,21,36H2,1H3,(H,37,39)/t23-,24-,27-,28+,31-/m0/s1. The van der Waals surface area contributed by atoms with Crippen LogP contribution < -0.4 is 11.1 Å². The molecule has 2 amide bonds. The summed E-state index contributed by atoms with van der Waals surface area (Å²) in [6, 6.07) is 5.92. The molecule has 0 bridgehead atoms. The van der Waals surface area contributed by atoms with Crippen LogP contribution in [-0.2, 0) is 19.1 Å². The largest absolute Gasteiger partial charge is 0.460 e. The van der Waals surface area contributed by atoms with Crippen molar-refractivity contribution in [3.8, 4) is 0 Å². The van der Waals surface area contributed by atoms with Crippen LogP contribution in [0.4, 0.5) is 10.1 Å². The zero-order valence-electron chi connectivity index (χ0n) is 25.9. The van der Waals surface area contributed by atoms with Crippen LogP contribution in [0.1, 0.15) is 87.6 Å². The highest BCUT2D eigenvalue weighted by atomic mass is 19.1. The first-order chi connectivity index (χ1) is 21.4. The fraction of sp³-hybridized carbons (Fsp3) is 0.676. The van der Waals surface area contributed by atoms with Gasteiger partial charge >= 0.3 is 5.97 Å². The van der Waals surface area contributed by atoms with Crippen molar-refractivity contribution >= 4 is 34.4 Å². The van der Waals surface area contributed by atoms with E-state index in [9.17, 15) is 18.8 Å². The number of furan rings is 1. The SMILES string of the molecule is COCCCCOC(=O)c1cc2cc(NC(=O)[C@@H]3[C@H](C4CCCCC4)CCN3C(=O)[C@H]3CC[C@H]([C@H](N)CF)CC3)ccc2o1. The molecule has 1 aromatic heterocycles. The molecule has 1 saturated heterocycles. The van der Waals surface area contributed by atoms with E-state index in [1.54, 1.807) is 31.4 Å². The fourth-order valence-electron chi connectivity index (χ4n) is 7.63. The van der Waals surface area contributed by atoms with Gasteiger partial charge in [0.2, 0.25) is 17.6 Å². The van der Waals surface area contributed by atoms with Crippen LogP contribution in [0.5, 0.6) is 0 Å². The Balaban J connectivity index is 1.27. The number of benzene rings is 1. The van der Waals surface area contributed by atoms with E-state index in [-0.39, 0.29) is 41.9 Å². The molecule has 3 N–H and O–H groups in total. The summed E-state index contributed by atoms with van der Waals surface area (Å²) in [4.78, 5) is 42.2. The molecule has 10 heteroatoms. The smallest absolute Gasteiger partial charge is 0.374 e. The fourth-order valence-corrected chi connectivity index (χ4v) is 7.63. The Bertz CT molecular complexity index is 1270. The van der Waals surface area contributed by atoms with Crippen LogP contribution in [0, 0.1) is 23.7 Å². The van der Waals surface area contributed by atoms with E-state index >= 15 is 0 Å². The molecule has 44 heavy (non-hydrogen) atoms. The van der Waals surface area contributed by atoms with Gasteiger partial charge in [-0.05, 0) is 87.0 Å². The van der Waals surface area contributed by atoms with E-state index < -0.39 is 24.7 Å². The van der Waals surface area contributed by atoms with Crippen LogP contribution in [0.15, 0.2) is 28.7 Å². The van der Waals surface area contributed by atoms with Crippen molar-refractivity contribution in [1.29, 1.82) is 0 Å². The number of hydrogen-bond acceptors (Lipinski definition) is 7. The summed E-state index contributed by atoms with van der Waals surface area (Å²) in [5, 5.41) is 3.78. The number of hydrogen-bond donors (Lipinski definition) is 2. The van der Waals surface area contributed by atoms with Gasteiger partial charge in [-0.15, -0.1) is 0 Å². The van der Waals surface area contributed by atoms with Crippen LogP contribution in [0.25, 0.3) is 11.0 Å². The molecule has 5 rings (SSSR count). The highest BCUT2D eigenvalue weighted by molar-refractivity contribution is 6.00. The Morgan fingerprint density at radius 3 is 2.50 bits per heavy atom. The van der Waals surface area contributed by atoms with Gasteiger partial charge in [-0.3, -0.25) is 9.59 Å². The molecule has 0 spiro atoms. The average Bonchev–Trinajstić information content (AvgIpc) is 3.69. The average molecular weight is 614 g/mol. The molecule has 3 aliphatic rings.